The van der Waals surface area contributed by atoms with E-state index in [1.807, 2.05) is 107 Å². The van der Waals surface area contributed by atoms with E-state index in [1.54, 1.807) is 4.90 Å². The maximum Gasteiger partial charge on any atom is 0.408 e. The molecule has 290 valence electrons. The Balaban J connectivity index is 1.96. The minimum atomic E-state index is -1.10. The lowest BCUT2D eigenvalue weighted by molar-refractivity contribution is -0.143. The van der Waals surface area contributed by atoms with Gasteiger partial charge in [-0.3, -0.25) is 14.4 Å². The quantitative estimate of drug-likeness (QED) is 0.0910. The molecule has 0 saturated heterocycles. The van der Waals surface area contributed by atoms with Gasteiger partial charge in [0.25, 0.3) is 0 Å². The molecule has 53 heavy (non-hydrogen) atoms. The van der Waals surface area contributed by atoms with E-state index < -0.39 is 48.1 Å². The van der Waals surface area contributed by atoms with Crippen molar-refractivity contribution < 1.29 is 34.1 Å². The summed E-state index contributed by atoms with van der Waals surface area (Å²) in [5.74, 6) is -2.17. The predicted octanol–water partition coefficient (Wildman–Crippen LogP) is 5.49. The van der Waals surface area contributed by atoms with Gasteiger partial charge >= 0.3 is 6.09 Å². The maximum absolute atomic E-state index is 14.7. The SMILES string of the molecule is CCCC[C@H](NC(=O)[C@H](Cc1cccc2ccccc12)NC(=O)OCc1ccccc1)C(=O)N(CC(C)C)[C@@H](CC(C)C)[C@@H](O)C[C@@H](CCO)C(N)=O. The highest BCUT2D eigenvalue weighted by molar-refractivity contribution is 5.93. The van der Waals surface area contributed by atoms with Crippen LogP contribution < -0.4 is 16.4 Å². The molecule has 3 aromatic rings. The molecule has 0 aliphatic rings. The van der Waals surface area contributed by atoms with Crippen LogP contribution in [-0.2, 0) is 32.1 Å². The van der Waals surface area contributed by atoms with Crippen molar-refractivity contribution in [1.82, 2.24) is 15.5 Å². The average molecular weight is 733 g/mol. The Kier molecular flexibility index (Phi) is 17.7. The van der Waals surface area contributed by atoms with Gasteiger partial charge in [0.05, 0.1) is 12.1 Å². The molecule has 0 unspecified atom stereocenters. The first kappa shape index (κ1) is 42.9. The second-order valence-corrected chi connectivity index (χ2v) is 14.8. The molecule has 6 N–H and O–H groups in total. The van der Waals surface area contributed by atoms with Gasteiger partial charge in [-0.05, 0) is 59.4 Å². The third kappa shape index (κ3) is 13.8. The number of hydrogen-bond donors (Lipinski definition) is 5. The fraction of sp³-hybridized carbons (Fsp3) is 0.524. The van der Waals surface area contributed by atoms with Crippen LogP contribution in [0.25, 0.3) is 10.8 Å². The smallest absolute Gasteiger partial charge is 0.408 e. The monoisotopic (exact) mass is 732 g/mol. The van der Waals surface area contributed by atoms with Crippen LogP contribution in [0.3, 0.4) is 0 Å². The number of primary amides is 1. The number of nitrogens with one attached hydrogen (secondary N) is 2. The minimum absolute atomic E-state index is 0.0107. The van der Waals surface area contributed by atoms with Gasteiger partial charge in [-0.1, -0.05) is 120 Å². The van der Waals surface area contributed by atoms with Crippen molar-refractivity contribution in [3.8, 4) is 0 Å². The van der Waals surface area contributed by atoms with Crippen LogP contribution in [0.2, 0.25) is 0 Å². The lowest BCUT2D eigenvalue weighted by Gasteiger charge is -2.40. The summed E-state index contributed by atoms with van der Waals surface area (Å²) in [6.07, 6.45) is 0.566. The van der Waals surface area contributed by atoms with E-state index in [4.69, 9.17) is 10.5 Å². The van der Waals surface area contributed by atoms with Gasteiger partial charge < -0.3 is 36.2 Å². The average Bonchev–Trinajstić information content (AvgIpc) is 3.13. The first-order valence-electron chi connectivity index (χ1n) is 19.0. The largest absolute Gasteiger partial charge is 0.445 e. The van der Waals surface area contributed by atoms with Crippen molar-refractivity contribution in [2.75, 3.05) is 13.2 Å². The molecular weight excluding hydrogens is 672 g/mol. The van der Waals surface area contributed by atoms with Crippen LogP contribution in [0.1, 0.15) is 84.3 Å². The summed E-state index contributed by atoms with van der Waals surface area (Å²) >= 11 is 0. The van der Waals surface area contributed by atoms with E-state index >= 15 is 0 Å². The third-order valence-corrected chi connectivity index (χ3v) is 9.39. The number of amides is 4. The summed E-state index contributed by atoms with van der Waals surface area (Å²) in [6.45, 7) is 10.00. The van der Waals surface area contributed by atoms with Crippen LogP contribution in [0.15, 0.2) is 72.8 Å². The van der Waals surface area contributed by atoms with Crippen molar-refractivity contribution in [3.63, 3.8) is 0 Å². The number of aliphatic hydroxyl groups excluding tert-OH is 2. The molecule has 3 aromatic carbocycles. The molecule has 0 fully saturated rings. The van der Waals surface area contributed by atoms with E-state index in [9.17, 15) is 29.4 Å². The lowest BCUT2D eigenvalue weighted by atomic mass is 9.88. The van der Waals surface area contributed by atoms with E-state index in [0.717, 1.165) is 28.3 Å². The molecule has 3 rings (SSSR count). The van der Waals surface area contributed by atoms with Gasteiger partial charge in [-0.2, -0.15) is 0 Å². The van der Waals surface area contributed by atoms with Gasteiger partial charge in [0.1, 0.15) is 18.7 Å². The minimum Gasteiger partial charge on any atom is -0.445 e. The lowest BCUT2D eigenvalue weighted by Crippen LogP contribution is -2.58. The van der Waals surface area contributed by atoms with Gasteiger partial charge in [0.15, 0.2) is 0 Å². The van der Waals surface area contributed by atoms with Gasteiger partial charge in [-0.15, -0.1) is 0 Å². The topological polar surface area (TPSA) is 171 Å². The normalized spacial score (nSPS) is 14.3. The molecule has 0 saturated carbocycles. The highest BCUT2D eigenvalue weighted by Gasteiger charge is 2.37. The Morgan fingerprint density at radius 3 is 2.15 bits per heavy atom. The van der Waals surface area contributed by atoms with Crippen LogP contribution in [0.5, 0.6) is 0 Å². The van der Waals surface area contributed by atoms with E-state index in [0.29, 0.717) is 25.8 Å². The van der Waals surface area contributed by atoms with Crippen LogP contribution >= 0.6 is 0 Å². The highest BCUT2D eigenvalue weighted by atomic mass is 16.5. The Bertz CT molecular complexity index is 1590. The van der Waals surface area contributed by atoms with Crippen molar-refractivity contribution in [2.24, 2.45) is 23.5 Å². The van der Waals surface area contributed by atoms with Crippen LogP contribution in [-0.4, -0.2) is 76.3 Å². The Hall–Kier alpha value is -4.48. The molecule has 0 bridgehead atoms. The number of aliphatic hydroxyl groups is 2. The number of rotatable bonds is 22. The fourth-order valence-electron chi connectivity index (χ4n) is 6.68. The second kappa shape index (κ2) is 21.9. The Labute approximate surface area is 314 Å². The van der Waals surface area contributed by atoms with Crippen molar-refractivity contribution in [1.29, 1.82) is 0 Å². The zero-order valence-electron chi connectivity index (χ0n) is 32.0. The zero-order valence-corrected chi connectivity index (χ0v) is 32.0. The zero-order chi connectivity index (χ0) is 38.9. The Morgan fingerprint density at radius 2 is 1.51 bits per heavy atom. The molecule has 0 aliphatic carbocycles. The van der Waals surface area contributed by atoms with E-state index in [2.05, 4.69) is 10.6 Å². The first-order valence-corrected chi connectivity index (χ1v) is 19.0. The van der Waals surface area contributed by atoms with Crippen LogP contribution in [0.4, 0.5) is 4.79 Å². The number of nitrogens with zero attached hydrogens (tertiary/aromatic N) is 1. The third-order valence-electron chi connectivity index (χ3n) is 9.39. The summed E-state index contributed by atoms with van der Waals surface area (Å²) < 4.78 is 5.51. The molecule has 0 heterocycles. The van der Waals surface area contributed by atoms with Gasteiger partial charge in [0.2, 0.25) is 17.7 Å². The standard InChI is InChI=1S/C42H60N4O7/c1-6-7-20-35(41(51)46(26-29(4)5)37(23-28(2)3)38(48)25-33(21-22-47)39(43)49)44-40(50)36(45-42(52)53-27-30-14-9-8-10-15-30)24-32-18-13-17-31-16-11-12-19-34(31)32/h8-19,28-29,33,35-38,47-48H,6-7,20-27H2,1-5H3,(H2,43,49)(H,44,50)(H,45,52)/t33-,35+,36+,37+,38+/m1/s1. The maximum atomic E-state index is 14.7. The predicted molar refractivity (Wildman–Crippen MR) is 207 cm³/mol. The number of hydrogen-bond acceptors (Lipinski definition) is 7. The van der Waals surface area contributed by atoms with E-state index in [-0.39, 0.29) is 50.2 Å². The molecular formula is C42H60N4O7. The molecule has 11 heteroatoms. The molecule has 11 nitrogen and oxygen atoms in total. The van der Waals surface area contributed by atoms with Crippen LogP contribution in [0, 0.1) is 17.8 Å². The summed E-state index contributed by atoms with van der Waals surface area (Å²) in [4.78, 5) is 56.0. The summed E-state index contributed by atoms with van der Waals surface area (Å²) in [6, 6.07) is 20.1. The molecule has 4 amide bonds. The van der Waals surface area contributed by atoms with Crippen molar-refractivity contribution >= 4 is 34.6 Å². The number of ether oxygens (including phenoxy) is 1. The van der Waals surface area contributed by atoms with Gasteiger partial charge in [0, 0.05) is 25.5 Å². The summed E-state index contributed by atoms with van der Waals surface area (Å²) in [7, 11) is 0. The summed E-state index contributed by atoms with van der Waals surface area (Å²) in [5, 5.41) is 28.8. The molecule has 0 aliphatic heterocycles. The number of carbonyl (C=O) groups is 4. The molecule has 0 aromatic heterocycles. The molecule has 0 spiro atoms. The van der Waals surface area contributed by atoms with Crippen molar-refractivity contribution in [3.05, 3.63) is 83.9 Å². The number of benzene rings is 3. The first-order chi connectivity index (χ1) is 25.3. The van der Waals surface area contributed by atoms with Gasteiger partial charge in [-0.25, -0.2) is 4.79 Å². The molecule has 0 radical (unpaired) electrons. The summed E-state index contributed by atoms with van der Waals surface area (Å²) in [5.41, 5.74) is 7.26. The Morgan fingerprint density at radius 1 is 0.830 bits per heavy atom. The number of fused-ring (bicyclic) bond motifs is 1. The number of nitrogens with two attached hydrogens (primary N) is 1. The second-order valence-electron chi connectivity index (χ2n) is 14.8. The molecule has 5 atom stereocenters. The fourth-order valence-corrected chi connectivity index (χ4v) is 6.68. The number of unbranched alkanes of at least 4 members (excludes halogenated alkanes) is 1. The van der Waals surface area contributed by atoms with E-state index in [1.165, 1.54) is 0 Å². The number of carbonyl (C=O) groups excluding carboxylic acids is 4. The number of alkyl carbamates (subject to hydrolysis) is 1. The van der Waals surface area contributed by atoms with Crippen molar-refractivity contribution in [2.45, 2.75) is 110 Å². The highest BCUT2D eigenvalue weighted by Crippen LogP contribution is 2.25.